The Bertz CT molecular complexity index is 1440. The molecule has 2 aromatic carbocycles. The average molecular weight is 441 g/mol. The van der Waals surface area contributed by atoms with Crippen LogP contribution in [0.1, 0.15) is 37.8 Å². The Morgan fingerprint density at radius 1 is 0.938 bits per heavy atom. The van der Waals surface area contributed by atoms with Gasteiger partial charge >= 0.3 is 0 Å². The highest BCUT2D eigenvalue weighted by Gasteiger charge is 2.21. The van der Waals surface area contributed by atoms with Gasteiger partial charge in [-0.05, 0) is 35.9 Å². The van der Waals surface area contributed by atoms with E-state index in [2.05, 4.69) is 15.0 Å². The first kappa shape index (κ1) is 19.9. The second-order valence-corrected chi connectivity index (χ2v) is 7.80. The second-order valence-electron chi connectivity index (χ2n) is 7.36. The maximum Gasteiger partial charge on any atom is 0.230 e. The average Bonchev–Trinajstić information content (AvgIpc) is 3.46. The van der Waals surface area contributed by atoms with Crippen molar-refractivity contribution in [3.05, 3.63) is 119 Å². The van der Waals surface area contributed by atoms with Crippen LogP contribution in [0, 0.1) is 0 Å². The van der Waals surface area contributed by atoms with E-state index in [1.54, 1.807) is 18.3 Å². The number of fused-ring (bicyclic) bond motifs is 1. The van der Waals surface area contributed by atoms with Crippen LogP contribution in [0.2, 0.25) is 5.02 Å². The Labute approximate surface area is 188 Å². The van der Waals surface area contributed by atoms with Crippen LogP contribution in [0.3, 0.4) is 0 Å². The molecule has 0 radical (unpaired) electrons. The van der Waals surface area contributed by atoms with Gasteiger partial charge in [0.2, 0.25) is 11.6 Å². The Kier molecular flexibility index (Phi) is 5.13. The van der Waals surface area contributed by atoms with Gasteiger partial charge in [0.25, 0.3) is 0 Å². The SMILES string of the molecule is O=C(c1cccnc1)c1cnc(C(=O)c2cn(Cc3ccc(Cl)cc3)c3ccccc23)[nH]1. The third-order valence-electron chi connectivity index (χ3n) is 5.26. The van der Waals surface area contributed by atoms with Gasteiger partial charge in [-0.3, -0.25) is 14.6 Å². The molecule has 0 saturated heterocycles. The highest BCUT2D eigenvalue weighted by molar-refractivity contribution is 6.30. The number of aromatic amines is 1. The molecular weight excluding hydrogens is 424 g/mol. The molecule has 7 heteroatoms. The van der Waals surface area contributed by atoms with Gasteiger partial charge in [-0.15, -0.1) is 0 Å². The summed E-state index contributed by atoms with van der Waals surface area (Å²) in [6.45, 7) is 0.591. The number of H-pyrrole nitrogens is 1. The summed E-state index contributed by atoms with van der Waals surface area (Å²) >= 11 is 6.00. The van der Waals surface area contributed by atoms with Gasteiger partial charge in [-0.1, -0.05) is 41.9 Å². The van der Waals surface area contributed by atoms with Crippen LogP contribution in [-0.2, 0) is 6.54 Å². The number of halogens is 1. The zero-order chi connectivity index (χ0) is 22.1. The van der Waals surface area contributed by atoms with Crippen molar-refractivity contribution in [3.8, 4) is 0 Å². The van der Waals surface area contributed by atoms with Crippen LogP contribution < -0.4 is 0 Å². The van der Waals surface area contributed by atoms with Crippen molar-refractivity contribution in [2.24, 2.45) is 0 Å². The Balaban J connectivity index is 1.48. The number of imidazole rings is 1. The third-order valence-corrected chi connectivity index (χ3v) is 5.51. The normalized spacial score (nSPS) is 11.0. The van der Waals surface area contributed by atoms with Gasteiger partial charge in [0.15, 0.2) is 5.82 Å². The maximum absolute atomic E-state index is 13.3. The fourth-order valence-corrected chi connectivity index (χ4v) is 3.80. The number of hydrogen-bond donors (Lipinski definition) is 1. The van der Waals surface area contributed by atoms with Gasteiger partial charge in [0.05, 0.1) is 11.8 Å². The minimum absolute atomic E-state index is 0.117. The number of nitrogens with one attached hydrogen (secondary N) is 1. The molecule has 0 saturated carbocycles. The summed E-state index contributed by atoms with van der Waals surface area (Å²) in [7, 11) is 0. The molecule has 32 heavy (non-hydrogen) atoms. The Morgan fingerprint density at radius 2 is 1.75 bits per heavy atom. The molecule has 0 aliphatic heterocycles. The van der Waals surface area contributed by atoms with Crippen molar-refractivity contribution in [1.29, 1.82) is 0 Å². The lowest BCUT2D eigenvalue weighted by Gasteiger charge is -2.05. The maximum atomic E-state index is 13.3. The molecule has 1 N–H and O–H groups in total. The molecule has 0 unspecified atom stereocenters. The van der Waals surface area contributed by atoms with E-state index in [4.69, 9.17) is 11.6 Å². The van der Waals surface area contributed by atoms with Crippen molar-refractivity contribution in [2.45, 2.75) is 6.54 Å². The Hall–Kier alpha value is -4.03. The molecule has 0 atom stereocenters. The minimum atomic E-state index is -0.277. The fourth-order valence-electron chi connectivity index (χ4n) is 3.68. The van der Waals surface area contributed by atoms with Crippen LogP contribution in [0.15, 0.2) is 85.5 Å². The number of carbonyl (C=O) groups excluding carboxylic acids is 2. The minimum Gasteiger partial charge on any atom is -0.342 e. The fraction of sp³-hybridized carbons (Fsp3) is 0.0400. The summed E-state index contributed by atoms with van der Waals surface area (Å²) in [4.78, 5) is 36.9. The van der Waals surface area contributed by atoms with E-state index in [0.29, 0.717) is 22.7 Å². The van der Waals surface area contributed by atoms with Crippen LogP contribution in [-0.4, -0.2) is 31.1 Å². The van der Waals surface area contributed by atoms with E-state index in [9.17, 15) is 9.59 Å². The Morgan fingerprint density at radius 3 is 2.53 bits per heavy atom. The summed E-state index contributed by atoms with van der Waals surface area (Å²) in [6.07, 6.45) is 6.29. The number of carbonyl (C=O) groups is 2. The predicted molar refractivity (Wildman–Crippen MR) is 122 cm³/mol. The molecule has 0 aliphatic carbocycles. The highest BCUT2D eigenvalue weighted by atomic mass is 35.5. The molecule has 0 amide bonds. The highest BCUT2D eigenvalue weighted by Crippen LogP contribution is 2.25. The largest absolute Gasteiger partial charge is 0.342 e. The number of aromatic nitrogens is 4. The number of rotatable bonds is 6. The van der Waals surface area contributed by atoms with Crippen LogP contribution in [0.4, 0.5) is 0 Å². The molecule has 5 rings (SSSR count). The lowest BCUT2D eigenvalue weighted by atomic mass is 10.1. The molecule has 156 valence electrons. The quantitative estimate of drug-likeness (QED) is 0.380. The zero-order valence-corrected chi connectivity index (χ0v) is 17.6. The molecule has 0 aliphatic rings. The number of hydrogen-bond acceptors (Lipinski definition) is 4. The van der Waals surface area contributed by atoms with E-state index in [1.165, 1.54) is 12.4 Å². The van der Waals surface area contributed by atoms with Gasteiger partial charge in [0.1, 0.15) is 5.69 Å². The van der Waals surface area contributed by atoms with Crippen molar-refractivity contribution < 1.29 is 9.59 Å². The molecule has 0 bridgehead atoms. The van der Waals surface area contributed by atoms with Gasteiger partial charge in [0, 0.05) is 46.6 Å². The van der Waals surface area contributed by atoms with Crippen molar-refractivity contribution >= 4 is 34.1 Å². The summed E-state index contributed by atoms with van der Waals surface area (Å²) in [5, 5.41) is 1.50. The summed E-state index contributed by atoms with van der Waals surface area (Å²) in [5.74, 6) is -0.428. The second kappa shape index (κ2) is 8.24. The lowest BCUT2D eigenvalue weighted by Crippen LogP contribution is -2.06. The van der Waals surface area contributed by atoms with Crippen molar-refractivity contribution in [3.63, 3.8) is 0 Å². The summed E-state index contributed by atoms with van der Waals surface area (Å²) in [6, 6.07) is 18.7. The molecular formula is C25H17ClN4O2. The van der Waals surface area contributed by atoms with Gasteiger partial charge in [-0.25, -0.2) is 4.98 Å². The third kappa shape index (κ3) is 3.72. The van der Waals surface area contributed by atoms with Crippen molar-refractivity contribution in [2.75, 3.05) is 0 Å². The first-order valence-electron chi connectivity index (χ1n) is 9.97. The first-order valence-corrected chi connectivity index (χ1v) is 10.3. The van der Waals surface area contributed by atoms with E-state index < -0.39 is 0 Å². The molecule has 6 nitrogen and oxygen atoms in total. The van der Waals surface area contributed by atoms with E-state index in [0.717, 1.165) is 16.5 Å². The summed E-state index contributed by atoms with van der Waals surface area (Å²) in [5.41, 5.74) is 3.19. The van der Waals surface area contributed by atoms with Crippen LogP contribution in [0.25, 0.3) is 10.9 Å². The number of nitrogens with zero attached hydrogens (tertiary/aromatic N) is 3. The molecule has 0 spiro atoms. The monoisotopic (exact) mass is 440 g/mol. The number of para-hydroxylation sites is 1. The van der Waals surface area contributed by atoms with E-state index in [1.807, 2.05) is 59.3 Å². The number of pyridine rings is 1. The van der Waals surface area contributed by atoms with Gasteiger partial charge < -0.3 is 9.55 Å². The van der Waals surface area contributed by atoms with Crippen molar-refractivity contribution in [1.82, 2.24) is 19.5 Å². The lowest BCUT2D eigenvalue weighted by molar-refractivity contribution is 0.103. The van der Waals surface area contributed by atoms with Crippen LogP contribution >= 0.6 is 11.6 Å². The summed E-state index contributed by atoms with van der Waals surface area (Å²) < 4.78 is 2.02. The van der Waals surface area contributed by atoms with Crippen LogP contribution in [0.5, 0.6) is 0 Å². The smallest absolute Gasteiger partial charge is 0.230 e. The number of benzene rings is 2. The molecule has 3 heterocycles. The first-order chi connectivity index (χ1) is 15.6. The van der Waals surface area contributed by atoms with E-state index >= 15 is 0 Å². The molecule has 5 aromatic rings. The molecule has 0 fully saturated rings. The van der Waals surface area contributed by atoms with Gasteiger partial charge in [-0.2, -0.15) is 0 Å². The standard InChI is InChI=1S/C25H17ClN4O2/c26-18-9-7-16(8-10-18)14-30-15-20(19-5-1-2-6-22(19)30)24(32)25-28-13-21(29-25)23(31)17-4-3-11-27-12-17/h1-13,15H,14H2,(H,28,29). The number of ketones is 2. The predicted octanol–water partition coefficient (Wildman–Crippen LogP) is 4.92. The topological polar surface area (TPSA) is 80.6 Å². The van der Waals surface area contributed by atoms with E-state index in [-0.39, 0.29) is 23.1 Å². The molecule has 3 aromatic heterocycles. The zero-order valence-electron chi connectivity index (χ0n) is 16.8.